The number of aromatic nitrogens is 2. The van der Waals surface area contributed by atoms with E-state index in [-0.39, 0.29) is 11.6 Å². The van der Waals surface area contributed by atoms with Crippen LogP contribution in [0, 0.1) is 0 Å². The van der Waals surface area contributed by atoms with Crippen molar-refractivity contribution in [3.63, 3.8) is 0 Å². The summed E-state index contributed by atoms with van der Waals surface area (Å²) in [5.74, 6) is 0.486. The zero-order valence-electron chi connectivity index (χ0n) is 14.5. The van der Waals surface area contributed by atoms with Gasteiger partial charge in [0.1, 0.15) is 10.8 Å². The Morgan fingerprint density at radius 3 is 2.76 bits per heavy atom. The van der Waals surface area contributed by atoms with E-state index in [1.807, 2.05) is 12.3 Å². The topological polar surface area (TPSA) is 83.7 Å². The van der Waals surface area contributed by atoms with E-state index in [0.717, 1.165) is 37.6 Å². The first-order valence-electron chi connectivity index (χ1n) is 7.95. The molecule has 1 aliphatic heterocycles. The van der Waals surface area contributed by atoms with Gasteiger partial charge in [-0.1, -0.05) is 5.16 Å². The summed E-state index contributed by atoms with van der Waals surface area (Å²) in [7, 11) is 5.33. The van der Waals surface area contributed by atoms with Crippen LogP contribution in [0.3, 0.4) is 0 Å². The lowest BCUT2D eigenvalue weighted by molar-refractivity contribution is 0.0953. The molecule has 8 nitrogen and oxygen atoms in total. The average Bonchev–Trinajstić information content (AvgIpc) is 3.10. The minimum Gasteiger partial charge on any atom is -0.494 e. The molecule has 1 saturated heterocycles. The number of carbonyl (C=O) groups is 1. The number of amides is 1. The third kappa shape index (κ3) is 4.05. The molecule has 0 spiro atoms. The maximum atomic E-state index is 11.5. The van der Waals surface area contributed by atoms with Crippen molar-refractivity contribution in [2.24, 2.45) is 0 Å². The molecule has 0 saturated carbocycles. The molecule has 3 rings (SSSR count). The summed E-state index contributed by atoms with van der Waals surface area (Å²) in [4.78, 5) is 20.6. The molecule has 1 N–H and O–H groups in total. The van der Waals surface area contributed by atoms with Gasteiger partial charge in [-0.15, -0.1) is 0 Å². The molecule has 0 unspecified atom stereocenters. The van der Waals surface area contributed by atoms with E-state index in [9.17, 15) is 4.79 Å². The molecule has 134 valence electrons. The van der Waals surface area contributed by atoms with Crippen LogP contribution >= 0.6 is 11.8 Å². The summed E-state index contributed by atoms with van der Waals surface area (Å²) < 4.78 is 10.7. The van der Waals surface area contributed by atoms with Crippen molar-refractivity contribution in [3.05, 3.63) is 24.0 Å². The van der Waals surface area contributed by atoms with Crippen molar-refractivity contribution in [3.8, 4) is 5.75 Å². The Balaban J connectivity index is 1.75. The highest BCUT2D eigenvalue weighted by Crippen LogP contribution is 2.34. The standard InChI is InChI=1S/C16H21N5O3S/c1-17-16(22)11-8-15(24-19-11)25-14-9-13(23-3)12(10-18-14)21-6-4-20(2)5-7-21/h8-10H,4-7H2,1-3H3,(H,17,22). The van der Waals surface area contributed by atoms with Crippen LogP contribution < -0.4 is 15.0 Å². The molecule has 1 aliphatic rings. The van der Waals surface area contributed by atoms with Gasteiger partial charge in [0.15, 0.2) is 10.8 Å². The second kappa shape index (κ2) is 7.75. The van der Waals surface area contributed by atoms with Crippen molar-refractivity contribution in [1.82, 2.24) is 20.4 Å². The number of pyridine rings is 1. The van der Waals surface area contributed by atoms with Crippen molar-refractivity contribution < 1.29 is 14.1 Å². The second-order valence-electron chi connectivity index (χ2n) is 5.70. The molecule has 0 bridgehead atoms. The van der Waals surface area contributed by atoms with Gasteiger partial charge in [-0.2, -0.15) is 0 Å². The number of carbonyl (C=O) groups excluding carboxylic acids is 1. The Hall–Kier alpha value is -2.26. The number of ether oxygens (including phenoxy) is 1. The lowest BCUT2D eigenvalue weighted by Crippen LogP contribution is -2.44. The first-order chi connectivity index (χ1) is 12.1. The summed E-state index contributed by atoms with van der Waals surface area (Å²) in [6.07, 6.45) is 1.82. The van der Waals surface area contributed by atoms with Crippen LogP contribution in [-0.2, 0) is 0 Å². The summed E-state index contributed by atoms with van der Waals surface area (Å²) in [5.41, 5.74) is 1.23. The smallest absolute Gasteiger partial charge is 0.273 e. The monoisotopic (exact) mass is 363 g/mol. The Morgan fingerprint density at radius 2 is 2.08 bits per heavy atom. The first-order valence-corrected chi connectivity index (χ1v) is 8.76. The lowest BCUT2D eigenvalue weighted by Gasteiger charge is -2.34. The van der Waals surface area contributed by atoms with Crippen LogP contribution in [0.2, 0.25) is 0 Å². The van der Waals surface area contributed by atoms with E-state index >= 15 is 0 Å². The number of nitrogens with zero attached hydrogens (tertiary/aromatic N) is 4. The van der Waals surface area contributed by atoms with E-state index in [1.165, 1.54) is 11.8 Å². The number of likely N-dealkylation sites (N-methyl/N-ethyl adjacent to an activating group) is 1. The largest absolute Gasteiger partial charge is 0.494 e. The number of piperazine rings is 1. The number of hydrogen-bond acceptors (Lipinski definition) is 8. The number of methoxy groups -OCH3 is 1. The van der Waals surface area contributed by atoms with Gasteiger partial charge in [0.05, 0.1) is 19.0 Å². The highest BCUT2D eigenvalue weighted by Gasteiger charge is 2.19. The number of rotatable bonds is 5. The Morgan fingerprint density at radius 1 is 1.32 bits per heavy atom. The minimum atomic E-state index is -0.286. The molecular formula is C16H21N5O3S. The molecule has 2 aromatic heterocycles. The third-order valence-electron chi connectivity index (χ3n) is 4.04. The second-order valence-corrected chi connectivity index (χ2v) is 6.72. The van der Waals surface area contributed by atoms with Crippen molar-refractivity contribution in [2.45, 2.75) is 10.1 Å². The van der Waals surface area contributed by atoms with Crippen molar-refractivity contribution >= 4 is 23.4 Å². The van der Waals surface area contributed by atoms with Gasteiger partial charge in [0, 0.05) is 45.4 Å². The molecule has 1 fully saturated rings. The van der Waals surface area contributed by atoms with Gasteiger partial charge in [0.25, 0.3) is 5.91 Å². The highest BCUT2D eigenvalue weighted by molar-refractivity contribution is 7.99. The SMILES string of the molecule is CNC(=O)c1cc(Sc2cc(OC)c(N3CCN(C)CC3)cn2)on1. The third-order valence-corrected chi connectivity index (χ3v) is 4.86. The normalized spacial score (nSPS) is 15.2. The van der Waals surface area contributed by atoms with Crippen LogP contribution in [0.15, 0.2) is 33.0 Å². The number of hydrogen-bond donors (Lipinski definition) is 1. The van der Waals surface area contributed by atoms with Crippen LogP contribution in [0.25, 0.3) is 0 Å². The Labute approximate surface area is 150 Å². The molecule has 0 radical (unpaired) electrons. The molecule has 25 heavy (non-hydrogen) atoms. The molecule has 9 heteroatoms. The average molecular weight is 363 g/mol. The Kier molecular flexibility index (Phi) is 5.44. The predicted octanol–water partition coefficient (Wildman–Crippen LogP) is 1.34. The Bertz CT molecular complexity index is 743. The zero-order chi connectivity index (χ0) is 17.8. The van der Waals surface area contributed by atoms with Crippen LogP contribution in [0.5, 0.6) is 5.75 Å². The van der Waals surface area contributed by atoms with Gasteiger partial charge in [-0.05, 0) is 18.8 Å². The fourth-order valence-electron chi connectivity index (χ4n) is 2.56. The molecule has 2 aromatic rings. The van der Waals surface area contributed by atoms with E-state index < -0.39 is 0 Å². The van der Waals surface area contributed by atoms with Crippen LogP contribution in [0.4, 0.5) is 5.69 Å². The fourth-order valence-corrected chi connectivity index (χ4v) is 3.28. The zero-order valence-corrected chi connectivity index (χ0v) is 15.3. The lowest BCUT2D eigenvalue weighted by atomic mass is 10.2. The predicted molar refractivity (Wildman–Crippen MR) is 94.5 cm³/mol. The van der Waals surface area contributed by atoms with Gasteiger partial charge in [-0.3, -0.25) is 4.79 Å². The van der Waals surface area contributed by atoms with Crippen molar-refractivity contribution in [1.29, 1.82) is 0 Å². The molecule has 0 aliphatic carbocycles. The summed E-state index contributed by atoms with van der Waals surface area (Å²) in [6.45, 7) is 3.91. The van der Waals surface area contributed by atoms with Crippen LogP contribution in [-0.4, -0.2) is 68.3 Å². The summed E-state index contributed by atoms with van der Waals surface area (Å²) >= 11 is 1.29. The van der Waals surface area contributed by atoms with E-state index in [4.69, 9.17) is 9.26 Å². The first kappa shape index (κ1) is 17.6. The maximum absolute atomic E-state index is 11.5. The van der Waals surface area contributed by atoms with Gasteiger partial charge < -0.3 is 24.4 Å². The molecule has 3 heterocycles. The van der Waals surface area contributed by atoms with Gasteiger partial charge in [0.2, 0.25) is 0 Å². The number of nitrogens with one attached hydrogen (secondary N) is 1. The fraction of sp³-hybridized carbons (Fsp3) is 0.438. The summed E-state index contributed by atoms with van der Waals surface area (Å²) in [5, 5.41) is 7.47. The van der Waals surface area contributed by atoms with Crippen molar-refractivity contribution in [2.75, 3.05) is 52.3 Å². The quantitative estimate of drug-likeness (QED) is 0.852. The molecular weight excluding hydrogens is 342 g/mol. The molecule has 1 amide bonds. The highest BCUT2D eigenvalue weighted by atomic mass is 32.2. The van der Waals surface area contributed by atoms with E-state index in [1.54, 1.807) is 20.2 Å². The summed E-state index contributed by atoms with van der Waals surface area (Å²) in [6, 6.07) is 3.46. The van der Waals surface area contributed by atoms with Gasteiger partial charge in [-0.25, -0.2) is 4.98 Å². The minimum absolute atomic E-state index is 0.242. The number of anilines is 1. The maximum Gasteiger partial charge on any atom is 0.273 e. The van der Waals surface area contributed by atoms with E-state index in [2.05, 4.69) is 32.3 Å². The molecule has 0 aromatic carbocycles. The van der Waals surface area contributed by atoms with Gasteiger partial charge >= 0.3 is 0 Å². The molecule has 0 atom stereocenters. The van der Waals surface area contributed by atoms with E-state index in [0.29, 0.717) is 10.1 Å². The van der Waals surface area contributed by atoms with Crippen LogP contribution in [0.1, 0.15) is 10.5 Å².